The number of carbonyl (C=O) groups excluding carboxylic acids is 1. The maximum absolute atomic E-state index is 12.7. The van der Waals surface area contributed by atoms with Gasteiger partial charge in [0.05, 0.1) is 44.1 Å². The molecule has 2 unspecified atom stereocenters. The first-order valence-corrected chi connectivity index (χ1v) is 14.0. The van der Waals surface area contributed by atoms with Gasteiger partial charge in [-0.1, -0.05) is 58.8 Å². The second kappa shape index (κ2) is 17.7. The SMILES string of the molecule is CCCCCCCCCCOC(=O)C1CC(OC)C(OCCOC2CCC(C)CC2)C(OC)C1. The summed E-state index contributed by atoms with van der Waals surface area (Å²) in [6.45, 7) is 6.18. The van der Waals surface area contributed by atoms with E-state index >= 15 is 0 Å². The van der Waals surface area contributed by atoms with Gasteiger partial charge in [0.2, 0.25) is 0 Å². The standard InChI is InChI=1S/C28H52O6/c1-5-6-7-8-9-10-11-12-17-34-28(29)23-20-25(30-3)27(26(21-23)31-4)33-19-18-32-24-15-13-22(2)14-16-24/h22-27H,5-21H2,1-4H3. The van der Waals surface area contributed by atoms with Gasteiger partial charge in [0.25, 0.3) is 0 Å². The third-order valence-corrected chi connectivity index (χ3v) is 7.66. The highest BCUT2D eigenvalue weighted by molar-refractivity contribution is 5.72. The minimum absolute atomic E-state index is 0.125. The molecule has 0 heterocycles. The lowest BCUT2D eigenvalue weighted by atomic mass is 9.83. The Morgan fingerprint density at radius 3 is 1.88 bits per heavy atom. The zero-order valence-corrected chi connectivity index (χ0v) is 22.4. The minimum atomic E-state index is -0.204. The summed E-state index contributed by atoms with van der Waals surface area (Å²) in [5.74, 6) is 0.493. The molecule has 2 aliphatic carbocycles. The summed E-state index contributed by atoms with van der Waals surface area (Å²) < 4.78 is 29.2. The fraction of sp³-hybridized carbons (Fsp3) is 0.964. The number of esters is 1. The van der Waals surface area contributed by atoms with Crippen LogP contribution in [0, 0.1) is 11.8 Å². The van der Waals surface area contributed by atoms with Crippen LogP contribution in [-0.4, -0.2) is 64.4 Å². The summed E-state index contributed by atoms with van der Waals surface area (Å²) in [6, 6.07) is 0. The third-order valence-electron chi connectivity index (χ3n) is 7.66. The normalized spacial score (nSPS) is 29.8. The van der Waals surface area contributed by atoms with Gasteiger partial charge in [-0.2, -0.15) is 0 Å². The Kier molecular flexibility index (Phi) is 15.4. The van der Waals surface area contributed by atoms with E-state index in [9.17, 15) is 4.79 Å². The topological polar surface area (TPSA) is 63.2 Å². The highest BCUT2D eigenvalue weighted by Crippen LogP contribution is 2.32. The van der Waals surface area contributed by atoms with Gasteiger partial charge in [-0.15, -0.1) is 0 Å². The Hall–Kier alpha value is -0.690. The molecule has 2 aliphatic rings. The molecule has 2 atom stereocenters. The maximum atomic E-state index is 12.7. The number of unbranched alkanes of at least 4 members (excludes halogenated alkanes) is 7. The largest absolute Gasteiger partial charge is 0.465 e. The predicted molar refractivity (Wildman–Crippen MR) is 135 cm³/mol. The molecule has 0 saturated heterocycles. The van der Waals surface area contributed by atoms with Gasteiger partial charge in [-0.25, -0.2) is 0 Å². The molecule has 0 bridgehead atoms. The molecule has 2 rings (SSSR count). The van der Waals surface area contributed by atoms with Crippen LogP contribution < -0.4 is 0 Å². The quantitative estimate of drug-likeness (QED) is 0.184. The second-order valence-corrected chi connectivity index (χ2v) is 10.4. The van der Waals surface area contributed by atoms with Gasteiger partial charge < -0.3 is 23.7 Å². The molecule has 6 heteroatoms. The highest BCUT2D eigenvalue weighted by Gasteiger charge is 2.42. The first-order chi connectivity index (χ1) is 16.6. The van der Waals surface area contributed by atoms with Gasteiger partial charge in [0, 0.05) is 14.2 Å². The molecule has 34 heavy (non-hydrogen) atoms. The van der Waals surface area contributed by atoms with Crippen molar-refractivity contribution in [3.8, 4) is 0 Å². The Morgan fingerprint density at radius 2 is 1.29 bits per heavy atom. The Balaban J connectivity index is 1.64. The summed E-state index contributed by atoms with van der Waals surface area (Å²) in [5, 5.41) is 0. The van der Waals surface area contributed by atoms with Crippen molar-refractivity contribution in [1.29, 1.82) is 0 Å². The van der Waals surface area contributed by atoms with Gasteiger partial charge in [-0.05, 0) is 50.9 Å². The van der Waals surface area contributed by atoms with E-state index in [-0.39, 0.29) is 30.2 Å². The van der Waals surface area contributed by atoms with Crippen LogP contribution in [0.15, 0.2) is 0 Å². The zero-order chi connectivity index (χ0) is 24.6. The van der Waals surface area contributed by atoms with Crippen molar-refractivity contribution in [3.05, 3.63) is 0 Å². The molecule has 0 aromatic carbocycles. The average molecular weight is 485 g/mol. The molecule has 0 spiro atoms. The van der Waals surface area contributed by atoms with Crippen LogP contribution in [0.3, 0.4) is 0 Å². The van der Waals surface area contributed by atoms with Gasteiger partial charge in [0.15, 0.2) is 0 Å². The van der Waals surface area contributed by atoms with E-state index in [0.29, 0.717) is 38.8 Å². The lowest BCUT2D eigenvalue weighted by molar-refractivity contribution is -0.176. The van der Waals surface area contributed by atoms with Crippen molar-refractivity contribution < 1.29 is 28.5 Å². The molecule has 2 saturated carbocycles. The van der Waals surface area contributed by atoms with Crippen LogP contribution in [0.4, 0.5) is 0 Å². The van der Waals surface area contributed by atoms with Crippen molar-refractivity contribution in [2.75, 3.05) is 34.0 Å². The second-order valence-electron chi connectivity index (χ2n) is 10.4. The zero-order valence-electron chi connectivity index (χ0n) is 22.4. The number of rotatable bonds is 17. The molecule has 0 aromatic rings. The van der Waals surface area contributed by atoms with E-state index in [1.165, 1.54) is 51.4 Å². The summed E-state index contributed by atoms with van der Waals surface area (Å²) in [7, 11) is 3.36. The van der Waals surface area contributed by atoms with Crippen molar-refractivity contribution in [1.82, 2.24) is 0 Å². The molecule has 2 fully saturated rings. The Bertz CT molecular complexity index is 505. The van der Waals surface area contributed by atoms with Crippen LogP contribution in [0.5, 0.6) is 0 Å². The van der Waals surface area contributed by atoms with Crippen LogP contribution in [-0.2, 0) is 28.5 Å². The van der Waals surface area contributed by atoms with Crippen molar-refractivity contribution in [2.24, 2.45) is 11.8 Å². The van der Waals surface area contributed by atoms with Crippen molar-refractivity contribution >= 4 is 5.97 Å². The number of ether oxygens (including phenoxy) is 5. The van der Waals surface area contributed by atoms with E-state index in [4.69, 9.17) is 23.7 Å². The van der Waals surface area contributed by atoms with Crippen LogP contribution in [0.25, 0.3) is 0 Å². The summed E-state index contributed by atoms with van der Waals surface area (Å²) >= 11 is 0. The number of hydrogen-bond acceptors (Lipinski definition) is 6. The van der Waals surface area contributed by atoms with Crippen LogP contribution >= 0.6 is 0 Å². The Labute approximate surface area is 208 Å². The van der Waals surface area contributed by atoms with Crippen LogP contribution in [0.2, 0.25) is 0 Å². The molecule has 0 N–H and O–H groups in total. The maximum Gasteiger partial charge on any atom is 0.309 e. The smallest absolute Gasteiger partial charge is 0.309 e. The molecule has 0 amide bonds. The third kappa shape index (κ3) is 10.9. The fourth-order valence-corrected chi connectivity index (χ4v) is 5.35. The molecule has 6 nitrogen and oxygen atoms in total. The number of carbonyl (C=O) groups is 1. The van der Waals surface area contributed by atoms with E-state index in [2.05, 4.69) is 13.8 Å². The number of hydrogen-bond donors (Lipinski definition) is 0. The van der Waals surface area contributed by atoms with E-state index in [1.54, 1.807) is 14.2 Å². The minimum Gasteiger partial charge on any atom is -0.465 e. The Morgan fingerprint density at radius 1 is 0.735 bits per heavy atom. The van der Waals surface area contributed by atoms with E-state index in [0.717, 1.165) is 31.6 Å². The molecule has 200 valence electrons. The van der Waals surface area contributed by atoms with Gasteiger partial charge >= 0.3 is 5.97 Å². The molecule has 0 radical (unpaired) electrons. The monoisotopic (exact) mass is 484 g/mol. The van der Waals surface area contributed by atoms with Crippen LogP contribution in [0.1, 0.15) is 104 Å². The van der Waals surface area contributed by atoms with Gasteiger partial charge in [0.1, 0.15) is 6.10 Å². The summed E-state index contributed by atoms with van der Waals surface area (Å²) in [4.78, 5) is 12.7. The lowest BCUT2D eigenvalue weighted by Gasteiger charge is -2.39. The molecular formula is C28H52O6. The van der Waals surface area contributed by atoms with E-state index < -0.39 is 0 Å². The number of methoxy groups -OCH3 is 2. The first-order valence-electron chi connectivity index (χ1n) is 14.0. The van der Waals surface area contributed by atoms with E-state index in [1.807, 2.05) is 0 Å². The molecule has 0 aromatic heterocycles. The summed E-state index contributed by atoms with van der Waals surface area (Å²) in [6.07, 6.45) is 15.7. The van der Waals surface area contributed by atoms with Gasteiger partial charge in [-0.3, -0.25) is 4.79 Å². The average Bonchev–Trinajstić information content (AvgIpc) is 2.86. The molecular weight excluding hydrogens is 432 g/mol. The lowest BCUT2D eigenvalue weighted by Crippen LogP contribution is -2.50. The first kappa shape index (κ1) is 29.5. The van der Waals surface area contributed by atoms with Crippen molar-refractivity contribution in [3.63, 3.8) is 0 Å². The van der Waals surface area contributed by atoms with Crippen molar-refractivity contribution in [2.45, 2.75) is 128 Å². The fourth-order valence-electron chi connectivity index (χ4n) is 5.35. The predicted octanol–water partition coefficient (Wildman–Crippen LogP) is 6.09. The highest BCUT2D eigenvalue weighted by atomic mass is 16.6. The molecule has 0 aliphatic heterocycles. The summed E-state index contributed by atoms with van der Waals surface area (Å²) in [5.41, 5.74) is 0.